The molecule has 0 bridgehead atoms. The van der Waals surface area contributed by atoms with Crippen LogP contribution >= 0.6 is 0 Å². The monoisotopic (exact) mass is 365 g/mol. The lowest BCUT2D eigenvalue weighted by atomic mass is 10.00. The number of carbonyl (C=O) groups excluding carboxylic acids is 2. The van der Waals surface area contributed by atoms with Crippen LogP contribution in [0.4, 0.5) is 0 Å². The van der Waals surface area contributed by atoms with Crippen molar-refractivity contribution in [2.24, 2.45) is 0 Å². The number of ether oxygens (including phenoxy) is 1. The average molecular weight is 365 g/mol. The fourth-order valence-corrected chi connectivity index (χ4v) is 3.29. The summed E-state index contributed by atoms with van der Waals surface area (Å²) in [6.45, 7) is 6.87. The molecule has 0 spiro atoms. The summed E-state index contributed by atoms with van der Waals surface area (Å²) in [4.78, 5) is 24.5. The van der Waals surface area contributed by atoms with E-state index in [0.29, 0.717) is 17.1 Å². The van der Waals surface area contributed by atoms with Gasteiger partial charge in [0.2, 0.25) is 0 Å². The summed E-state index contributed by atoms with van der Waals surface area (Å²) >= 11 is 0. The molecular weight excluding hydrogens is 342 g/mol. The van der Waals surface area contributed by atoms with Gasteiger partial charge in [0.1, 0.15) is 17.1 Å². The van der Waals surface area contributed by atoms with Crippen molar-refractivity contribution < 1.29 is 18.7 Å². The molecule has 3 aromatic rings. The van der Waals surface area contributed by atoms with Gasteiger partial charge in [-0.3, -0.25) is 4.79 Å². The van der Waals surface area contributed by atoms with Gasteiger partial charge in [0.05, 0.1) is 6.04 Å². The van der Waals surface area contributed by atoms with Gasteiger partial charge >= 0.3 is 5.97 Å². The Kier molecular flexibility index (Phi) is 5.31. The second-order valence-electron chi connectivity index (χ2n) is 6.65. The maximum atomic E-state index is 12.3. The number of hydrogen-bond acceptors (Lipinski definition) is 4. The Hall–Kier alpha value is -3.08. The van der Waals surface area contributed by atoms with Crippen molar-refractivity contribution >= 4 is 22.6 Å². The van der Waals surface area contributed by atoms with E-state index in [0.717, 1.165) is 21.9 Å². The van der Waals surface area contributed by atoms with Crippen LogP contribution in [0.25, 0.3) is 10.8 Å². The SMILES string of the molecule is Cc1oc(C)c(C(=O)OCC(=O)NC(C)c2cccc3ccccc23)c1C. The van der Waals surface area contributed by atoms with Crippen LogP contribution in [0.5, 0.6) is 0 Å². The quantitative estimate of drug-likeness (QED) is 0.681. The van der Waals surface area contributed by atoms with Crippen LogP contribution < -0.4 is 5.32 Å². The summed E-state index contributed by atoms with van der Waals surface area (Å²) in [5.74, 6) is 0.280. The first-order valence-electron chi connectivity index (χ1n) is 8.89. The Labute approximate surface area is 158 Å². The number of benzene rings is 2. The zero-order chi connectivity index (χ0) is 19.6. The number of carbonyl (C=O) groups is 2. The number of furan rings is 1. The van der Waals surface area contributed by atoms with Gasteiger partial charge < -0.3 is 14.5 Å². The van der Waals surface area contributed by atoms with Gasteiger partial charge in [0.25, 0.3) is 5.91 Å². The molecule has 1 unspecified atom stereocenters. The summed E-state index contributed by atoms with van der Waals surface area (Å²) in [6.07, 6.45) is 0. The van der Waals surface area contributed by atoms with E-state index in [-0.39, 0.29) is 18.6 Å². The number of hydrogen-bond donors (Lipinski definition) is 1. The maximum Gasteiger partial charge on any atom is 0.342 e. The molecule has 5 nitrogen and oxygen atoms in total. The molecule has 0 aliphatic carbocycles. The minimum atomic E-state index is -0.546. The lowest BCUT2D eigenvalue weighted by molar-refractivity contribution is -0.124. The van der Waals surface area contributed by atoms with Crippen LogP contribution in [0.15, 0.2) is 46.9 Å². The molecule has 1 amide bonds. The molecule has 140 valence electrons. The smallest absolute Gasteiger partial charge is 0.342 e. The highest BCUT2D eigenvalue weighted by Gasteiger charge is 2.21. The number of fused-ring (bicyclic) bond motifs is 1. The van der Waals surface area contributed by atoms with E-state index in [9.17, 15) is 9.59 Å². The van der Waals surface area contributed by atoms with Crippen LogP contribution in [-0.2, 0) is 9.53 Å². The summed E-state index contributed by atoms with van der Waals surface area (Å²) in [5.41, 5.74) is 2.15. The molecule has 3 rings (SSSR count). The van der Waals surface area contributed by atoms with Gasteiger partial charge in [-0.1, -0.05) is 42.5 Å². The number of rotatable bonds is 5. The number of nitrogens with one attached hydrogen (secondary N) is 1. The van der Waals surface area contributed by atoms with Gasteiger partial charge in [-0.15, -0.1) is 0 Å². The Morgan fingerprint density at radius 2 is 1.74 bits per heavy atom. The third-order valence-corrected chi connectivity index (χ3v) is 4.77. The van der Waals surface area contributed by atoms with Crippen molar-refractivity contribution in [3.05, 3.63) is 70.7 Å². The highest BCUT2D eigenvalue weighted by Crippen LogP contribution is 2.24. The minimum absolute atomic E-state index is 0.207. The van der Waals surface area contributed by atoms with Gasteiger partial charge in [-0.05, 0) is 44.0 Å². The standard InChI is InChI=1S/C22H23NO4/c1-13-15(3)27-16(4)21(13)22(25)26-12-20(24)23-14(2)18-11-7-9-17-8-5-6-10-19(17)18/h5-11,14H,12H2,1-4H3,(H,23,24). The fourth-order valence-electron chi connectivity index (χ4n) is 3.29. The van der Waals surface area contributed by atoms with Crippen LogP contribution in [0, 0.1) is 20.8 Å². The second-order valence-corrected chi connectivity index (χ2v) is 6.65. The molecule has 1 aromatic heterocycles. The molecule has 0 saturated carbocycles. The topological polar surface area (TPSA) is 68.5 Å². The predicted molar refractivity (Wildman–Crippen MR) is 104 cm³/mol. The molecule has 0 fully saturated rings. The first-order valence-corrected chi connectivity index (χ1v) is 8.89. The summed E-state index contributed by atoms with van der Waals surface area (Å²) in [6, 6.07) is 13.8. The molecule has 1 heterocycles. The molecular formula is C22H23NO4. The third kappa shape index (κ3) is 3.87. The van der Waals surface area contributed by atoms with Gasteiger partial charge in [-0.25, -0.2) is 4.79 Å². The fraction of sp³-hybridized carbons (Fsp3) is 0.273. The van der Waals surface area contributed by atoms with E-state index in [1.807, 2.05) is 49.4 Å². The molecule has 1 N–H and O–H groups in total. The van der Waals surface area contributed by atoms with Crippen LogP contribution in [-0.4, -0.2) is 18.5 Å². The third-order valence-electron chi connectivity index (χ3n) is 4.77. The van der Waals surface area contributed by atoms with Crippen molar-refractivity contribution in [3.8, 4) is 0 Å². The molecule has 2 aromatic carbocycles. The Balaban J connectivity index is 1.64. The predicted octanol–water partition coefficient (Wildman–Crippen LogP) is 4.39. The van der Waals surface area contributed by atoms with E-state index in [1.54, 1.807) is 20.8 Å². The molecule has 5 heteroatoms. The van der Waals surface area contributed by atoms with Gasteiger partial charge in [0.15, 0.2) is 6.61 Å². The van der Waals surface area contributed by atoms with Gasteiger partial charge in [0, 0.05) is 5.56 Å². The van der Waals surface area contributed by atoms with Crippen molar-refractivity contribution in [2.75, 3.05) is 6.61 Å². The van der Waals surface area contributed by atoms with E-state index in [1.165, 1.54) is 0 Å². The molecule has 0 radical (unpaired) electrons. The van der Waals surface area contributed by atoms with Crippen molar-refractivity contribution in [3.63, 3.8) is 0 Å². The van der Waals surface area contributed by atoms with Crippen LogP contribution in [0.3, 0.4) is 0 Å². The van der Waals surface area contributed by atoms with Crippen LogP contribution in [0.2, 0.25) is 0 Å². The normalized spacial score (nSPS) is 12.0. The lowest BCUT2D eigenvalue weighted by Gasteiger charge is -2.16. The highest BCUT2D eigenvalue weighted by atomic mass is 16.5. The average Bonchev–Trinajstić information content (AvgIpc) is 2.91. The first kappa shape index (κ1) is 18.7. The minimum Gasteiger partial charge on any atom is -0.465 e. The summed E-state index contributed by atoms with van der Waals surface area (Å²) < 4.78 is 10.6. The Morgan fingerprint density at radius 3 is 2.44 bits per heavy atom. The number of esters is 1. The van der Waals surface area contributed by atoms with E-state index < -0.39 is 5.97 Å². The number of aryl methyl sites for hydroxylation is 2. The summed E-state index contributed by atoms with van der Waals surface area (Å²) in [5, 5.41) is 5.09. The largest absolute Gasteiger partial charge is 0.465 e. The maximum absolute atomic E-state index is 12.3. The Bertz CT molecular complexity index is 997. The Morgan fingerprint density at radius 1 is 1.04 bits per heavy atom. The second kappa shape index (κ2) is 7.66. The van der Waals surface area contributed by atoms with E-state index >= 15 is 0 Å². The van der Waals surface area contributed by atoms with Crippen LogP contribution in [0.1, 0.15) is 46.0 Å². The summed E-state index contributed by atoms with van der Waals surface area (Å²) in [7, 11) is 0. The van der Waals surface area contributed by atoms with E-state index in [4.69, 9.17) is 9.15 Å². The molecule has 0 aliphatic rings. The zero-order valence-electron chi connectivity index (χ0n) is 16.0. The molecule has 0 saturated heterocycles. The van der Waals surface area contributed by atoms with Gasteiger partial charge in [-0.2, -0.15) is 0 Å². The van der Waals surface area contributed by atoms with Crippen molar-refractivity contribution in [1.29, 1.82) is 0 Å². The van der Waals surface area contributed by atoms with Crippen molar-refractivity contribution in [1.82, 2.24) is 5.32 Å². The molecule has 0 aliphatic heterocycles. The number of amides is 1. The molecule has 27 heavy (non-hydrogen) atoms. The van der Waals surface area contributed by atoms with Crippen molar-refractivity contribution in [2.45, 2.75) is 33.7 Å². The highest BCUT2D eigenvalue weighted by molar-refractivity contribution is 5.94. The first-order chi connectivity index (χ1) is 12.9. The van der Waals surface area contributed by atoms with E-state index in [2.05, 4.69) is 5.32 Å². The molecule has 1 atom stereocenters. The zero-order valence-corrected chi connectivity index (χ0v) is 16.0. The lowest BCUT2D eigenvalue weighted by Crippen LogP contribution is -2.31.